The Hall–Kier alpha value is -1.53. The lowest BCUT2D eigenvalue weighted by atomic mass is 10.1. The SMILES string of the molecule is CCc1nnsc1C(O)c1ccc(OC)c(F)c1. The molecule has 0 spiro atoms. The van der Waals surface area contributed by atoms with Gasteiger partial charge < -0.3 is 9.84 Å². The number of aliphatic hydroxyl groups is 1. The van der Waals surface area contributed by atoms with Gasteiger partial charge in [-0.1, -0.05) is 17.5 Å². The smallest absolute Gasteiger partial charge is 0.165 e. The summed E-state index contributed by atoms with van der Waals surface area (Å²) in [6.07, 6.45) is -0.220. The molecule has 0 amide bonds. The molecule has 0 saturated heterocycles. The number of aromatic nitrogens is 2. The summed E-state index contributed by atoms with van der Waals surface area (Å²) >= 11 is 1.13. The van der Waals surface area contributed by atoms with Crippen molar-refractivity contribution in [2.75, 3.05) is 7.11 Å². The van der Waals surface area contributed by atoms with E-state index in [0.29, 0.717) is 16.9 Å². The Balaban J connectivity index is 2.34. The van der Waals surface area contributed by atoms with E-state index in [0.717, 1.165) is 17.2 Å². The molecule has 1 heterocycles. The summed E-state index contributed by atoms with van der Waals surface area (Å²) in [5.74, 6) is -0.339. The number of benzene rings is 1. The van der Waals surface area contributed by atoms with E-state index < -0.39 is 11.9 Å². The normalized spacial score (nSPS) is 12.4. The number of rotatable bonds is 4. The molecule has 0 radical (unpaired) electrons. The van der Waals surface area contributed by atoms with Gasteiger partial charge in [0.05, 0.1) is 17.7 Å². The second-order valence-corrected chi connectivity index (χ2v) is 4.52. The molecule has 0 aliphatic rings. The molecular weight excluding hydrogens is 255 g/mol. The zero-order chi connectivity index (χ0) is 13.1. The zero-order valence-corrected chi connectivity index (χ0v) is 10.9. The lowest BCUT2D eigenvalue weighted by molar-refractivity contribution is 0.222. The molecule has 96 valence electrons. The Bertz CT molecular complexity index is 545. The third kappa shape index (κ3) is 2.34. The average Bonchev–Trinajstić information content (AvgIpc) is 2.86. The van der Waals surface area contributed by atoms with E-state index in [1.54, 1.807) is 6.07 Å². The highest BCUT2D eigenvalue weighted by Crippen LogP contribution is 2.29. The molecule has 0 saturated carbocycles. The maximum atomic E-state index is 13.6. The molecule has 1 aromatic carbocycles. The van der Waals surface area contributed by atoms with Crippen molar-refractivity contribution in [2.24, 2.45) is 0 Å². The van der Waals surface area contributed by atoms with Gasteiger partial charge in [0.2, 0.25) is 0 Å². The standard InChI is InChI=1S/C12H13FN2O2S/c1-3-9-12(18-15-14-9)11(16)7-4-5-10(17-2)8(13)6-7/h4-6,11,16H,3H2,1-2H3. The number of aryl methyl sites for hydroxylation is 1. The summed E-state index contributed by atoms with van der Waals surface area (Å²) in [6.45, 7) is 1.93. The van der Waals surface area contributed by atoms with Gasteiger partial charge >= 0.3 is 0 Å². The summed E-state index contributed by atoms with van der Waals surface area (Å²) in [4.78, 5) is 0.655. The van der Waals surface area contributed by atoms with Crippen LogP contribution in [-0.2, 0) is 6.42 Å². The number of hydrogen-bond acceptors (Lipinski definition) is 5. The second kappa shape index (κ2) is 5.41. The molecule has 0 aliphatic carbocycles. The topological polar surface area (TPSA) is 55.2 Å². The molecule has 4 nitrogen and oxygen atoms in total. The van der Waals surface area contributed by atoms with Crippen LogP contribution in [-0.4, -0.2) is 21.8 Å². The molecule has 2 rings (SSSR count). The fourth-order valence-electron chi connectivity index (χ4n) is 1.67. The van der Waals surface area contributed by atoms with Gasteiger partial charge in [0, 0.05) is 0 Å². The van der Waals surface area contributed by atoms with Gasteiger partial charge in [-0.05, 0) is 35.6 Å². The predicted octanol–water partition coefficient (Wildman–Crippen LogP) is 2.33. The van der Waals surface area contributed by atoms with Crippen LogP contribution in [0.1, 0.15) is 29.2 Å². The van der Waals surface area contributed by atoms with Crippen LogP contribution in [0.4, 0.5) is 4.39 Å². The highest BCUT2D eigenvalue weighted by molar-refractivity contribution is 7.05. The van der Waals surface area contributed by atoms with Crippen molar-refractivity contribution in [1.29, 1.82) is 0 Å². The molecule has 0 aliphatic heterocycles. The first-order valence-electron chi connectivity index (χ1n) is 5.50. The van der Waals surface area contributed by atoms with Crippen LogP contribution < -0.4 is 4.74 Å². The Kier molecular flexibility index (Phi) is 3.88. The van der Waals surface area contributed by atoms with Crippen molar-refractivity contribution in [3.8, 4) is 5.75 Å². The maximum Gasteiger partial charge on any atom is 0.165 e. The van der Waals surface area contributed by atoms with Crippen LogP contribution in [0.25, 0.3) is 0 Å². The van der Waals surface area contributed by atoms with E-state index in [4.69, 9.17) is 4.74 Å². The third-order valence-electron chi connectivity index (χ3n) is 2.66. The van der Waals surface area contributed by atoms with Gasteiger partial charge in [-0.2, -0.15) is 0 Å². The Morgan fingerprint density at radius 2 is 2.28 bits per heavy atom. The fraction of sp³-hybridized carbons (Fsp3) is 0.333. The molecule has 1 atom stereocenters. The van der Waals surface area contributed by atoms with Gasteiger partial charge in [0.25, 0.3) is 0 Å². The molecule has 18 heavy (non-hydrogen) atoms. The van der Waals surface area contributed by atoms with E-state index in [2.05, 4.69) is 9.59 Å². The van der Waals surface area contributed by atoms with E-state index >= 15 is 0 Å². The summed E-state index contributed by atoms with van der Waals surface area (Å²) in [6, 6.07) is 4.39. The van der Waals surface area contributed by atoms with Crippen LogP contribution in [0.5, 0.6) is 5.75 Å². The van der Waals surface area contributed by atoms with E-state index in [9.17, 15) is 9.50 Å². The first-order valence-corrected chi connectivity index (χ1v) is 6.27. The number of methoxy groups -OCH3 is 1. The molecule has 1 unspecified atom stereocenters. The van der Waals surface area contributed by atoms with E-state index in [1.165, 1.54) is 19.2 Å². The van der Waals surface area contributed by atoms with Gasteiger partial charge in [-0.15, -0.1) is 5.10 Å². The predicted molar refractivity (Wildman–Crippen MR) is 66.3 cm³/mol. The number of ether oxygens (including phenoxy) is 1. The van der Waals surface area contributed by atoms with Gasteiger partial charge in [0.15, 0.2) is 11.6 Å². The largest absolute Gasteiger partial charge is 0.494 e. The minimum Gasteiger partial charge on any atom is -0.494 e. The van der Waals surface area contributed by atoms with Crippen molar-refractivity contribution >= 4 is 11.5 Å². The summed E-state index contributed by atoms with van der Waals surface area (Å²) < 4.78 is 22.2. The zero-order valence-electron chi connectivity index (χ0n) is 10.1. The summed E-state index contributed by atoms with van der Waals surface area (Å²) in [5, 5.41) is 14.1. The minimum atomic E-state index is -0.902. The van der Waals surface area contributed by atoms with Crippen molar-refractivity contribution < 1.29 is 14.2 Å². The van der Waals surface area contributed by atoms with Gasteiger partial charge in [0.1, 0.15) is 6.10 Å². The van der Waals surface area contributed by atoms with Crippen LogP contribution in [0.3, 0.4) is 0 Å². The second-order valence-electron chi connectivity index (χ2n) is 3.73. The molecular formula is C12H13FN2O2S. The molecule has 6 heteroatoms. The van der Waals surface area contributed by atoms with E-state index in [1.807, 2.05) is 6.92 Å². The minimum absolute atomic E-state index is 0.157. The number of halogens is 1. The van der Waals surface area contributed by atoms with Crippen LogP contribution in [0.15, 0.2) is 18.2 Å². The van der Waals surface area contributed by atoms with Crippen LogP contribution >= 0.6 is 11.5 Å². The fourth-order valence-corrected chi connectivity index (χ4v) is 2.43. The molecule has 0 fully saturated rings. The average molecular weight is 268 g/mol. The van der Waals surface area contributed by atoms with Crippen molar-refractivity contribution in [2.45, 2.75) is 19.4 Å². The Morgan fingerprint density at radius 1 is 1.50 bits per heavy atom. The summed E-state index contributed by atoms with van der Waals surface area (Å²) in [5.41, 5.74) is 1.21. The third-order valence-corrected chi connectivity index (χ3v) is 3.48. The number of nitrogens with zero attached hydrogens (tertiary/aromatic N) is 2. The Morgan fingerprint density at radius 3 is 2.89 bits per heavy atom. The first kappa shape index (κ1) is 12.9. The maximum absolute atomic E-state index is 13.6. The number of aliphatic hydroxyl groups excluding tert-OH is 1. The van der Waals surface area contributed by atoms with Crippen molar-refractivity contribution in [3.05, 3.63) is 40.2 Å². The van der Waals surface area contributed by atoms with Gasteiger partial charge in [-0.3, -0.25) is 0 Å². The first-order chi connectivity index (χ1) is 8.67. The van der Waals surface area contributed by atoms with Crippen molar-refractivity contribution in [1.82, 2.24) is 9.59 Å². The Labute approximate surface area is 108 Å². The van der Waals surface area contributed by atoms with Crippen LogP contribution in [0, 0.1) is 5.82 Å². The lowest BCUT2D eigenvalue weighted by Gasteiger charge is -2.11. The molecule has 1 aromatic heterocycles. The summed E-state index contributed by atoms with van der Waals surface area (Å²) in [7, 11) is 1.40. The highest BCUT2D eigenvalue weighted by atomic mass is 32.1. The lowest BCUT2D eigenvalue weighted by Crippen LogP contribution is -2.02. The van der Waals surface area contributed by atoms with Crippen LogP contribution in [0.2, 0.25) is 0 Å². The quantitative estimate of drug-likeness (QED) is 0.924. The molecule has 0 bridgehead atoms. The molecule has 1 N–H and O–H groups in total. The van der Waals surface area contributed by atoms with E-state index in [-0.39, 0.29) is 5.75 Å². The van der Waals surface area contributed by atoms with Gasteiger partial charge in [-0.25, -0.2) is 4.39 Å². The highest BCUT2D eigenvalue weighted by Gasteiger charge is 2.19. The monoisotopic (exact) mass is 268 g/mol. The molecule has 2 aromatic rings. The van der Waals surface area contributed by atoms with Crippen molar-refractivity contribution in [3.63, 3.8) is 0 Å². The number of hydrogen-bond donors (Lipinski definition) is 1.